The van der Waals surface area contributed by atoms with Crippen LogP contribution in [0.1, 0.15) is 5.56 Å². The third kappa shape index (κ3) is 4.46. The average molecular weight is 465 g/mol. The highest BCUT2D eigenvalue weighted by Crippen LogP contribution is 2.32. The topological polar surface area (TPSA) is 87.8 Å². The molecular weight excluding hydrogens is 448 g/mol. The summed E-state index contributed by atoms with van der Waals surface area (Å²) in [6, 6.07) is 15.4. The van der Waals surface area contributed by atoms with E-state index >= 15 is 0 Å². The third-order valence-corrected chi connectivity index (χ3v) is 7.31. The molecule has 1 amide bonds. The molecule has 0 aliphatic carbocycles. The van der Waals surface area contributed by atoms with Crippen molar-refractivity contribution in [1.29, 1.82) is 5.26 Å². The minimum Gasteiger partial charge on any atom is -0.316 e. The number of nitrogens with one attached hydrogen (secondary N) is 1. The number of carbonyl (C=O) groups excluding carboxylic acids is 1. The van der Waals surface area contributed by atoms with Crippen LogP contribution in [-0.4, -0.2) is 21.2 Å². The lowest BCUT2D eigenvalue weighted by molar-refractivity contribution is -0.113. The summed E-state index contributed by atoms with van der Waals surface area (Å²) in [5, 5.41) is 14.5. The molecule has 0 saturated heterocycles. The number of allylic oxidation sites excluding steroid dienone is 1. The summed E-state index contributed by atoms with van der Waals surface area (Å²) in [6.45, 7) is 4.03. The fourth-order valence-corrected chi connectivity index (χ4v) is 5.54. The van der Waals surface area contributed by atoms with E-state index in [0.29, 0.717) is 32.5 Å². The maximum atomic E-state index is 13.1. The Morgan fingerprint density at radius 1 is 1.32 bits per heavy atom. The number of carbonyl (C=O) groups is 1. The molecule has 0 atom stereocenters. The summed E-state index contributed by atoms with van der Waals surface area (Å²) in [7, 11) is 0. The first kappa shape index (κ1) is 21.1. The Balaban J connectivity index is 1.62. The normalized spacial score (nSPS) is 10.7. The highest BCUT2D eigenvalue weighted by atomic mass is 32.2. The highest BCUT2D eigenvalue weighted by molar-refractivity contribution is 7.99. The van der Waals surface area contributed by atoms with Crippen LogP contribution in [0, 0.1) is 11.3 Å². The summed E-state index contributed by atoms with van der Waals surface area (Å²) in [5.41, 5.74) is 1.92. The zero-order chi connectivity index (χ0) is 21.8. The number of thiophene rings is 2. The van der Waals surface area contributed by atoms with Crippen molar-refractivity contribution >= 4 is 55.6 Å². The second-order valence-electron chi connectivity index (χ2n) is 6.40. The molecule has 0 radical (unpaired) electrons. The van der Waals surface area contributed by atoms with E-state index in [1.165, 1.54) is 39.0 Å². The number of nitriles is 1. The van der Waals surface area contributed by atoms with Crippen LogP contribution in [0.4, 0.5) is 5.00 Å². The molecule has 0 aliphatic rings. The number of amides is 1. The van der Waals surface area contributed by atoms with E-state index in [0.717, 1.165) is 10.4 Å². The number of hydrogen-bond acceptors (Lipinski definition) is 7. The number of rotatable bonds is 7. The second kappa shape index (κ2) is 9.31. The molecule has 0 spiro atoms. The Morgan fingerprint density at radius 3 is 2.87 bits per heavy atom. The first-order valence-electron chi connectivity index (χ1n) is 9.21. The van der Waals surface area contributed by atoms with E-state index in [9.17, 15) is 9.59 Å². The number of hydrogen-bond donors (Lipinski definition) is 1. The molecule has 6 nitrogen and oxygen atoms in total. The fourth-order valence-electron chi connectivity index (χ4n) is 2.92. The highest BCUT2D eigenvalue weighted by Gasteiger charge is 2.16. The summed E-state index contributed by atoms with van der Waals surface area (Å²) in [5.74, 6) is -0.202. The van der Waals surface area contributed by atoms with Crippen LogP contribution in [0.15, 0.2) is 70.5 Å². The molecule has 0 bridgehead atoms. The minimum absolute atomic E-state index is 0.0630. The SMILES string of the molecule is C=CCn1c(SCC(=O)Nc2sccc2C#N)nc2cc(-c3ccccc3)sc2c1=O. The van der Waals surface area contributed by atoms with E-state index in [1.54, 1.807) is 17.5 Å². The van der Waals surface area contributed by atoms with Gasteiger partial charge in [-0.2, -0.15) is 5.26 Å². The predicted molar refractivity (Wildman–Crippen MR) is 128 cm³/mol. The van der Waals surface area contributed by atoms with Crippen molar-refractivity contribution in [3.63, 3.8) is 0 Å². The second-order valence-corrected chi connectivity index (χ2v) is 9.31. The van der Waals surface area contributed by atoms with Gasteiger partial charge in [0.2, 0.25) is 5.91 Å². The molecule has 0 fully saturated rings. The van der Waals surface area contributed by atoms with Gasteiger partial charge in [-0.3, -0.25) is 14.2 Å². The quantitative estimate of drug-likeness (QED) is 0.237. The molecule has 31 heavy (non-hydrogen) atoms. The lowest BCUT2D eigenvalue weighted by Crippen LogP contribution is -2.23. The van der Waals surface area contributed by atoms with E-state index in [-0.39, 0.29) is 17.2 Å². The summed E-state index contributed by atoms with van der Waals surface area (Å²) >= 11 is 3.89. The number of benzene rings is 1. The molecule has 1 N–H and O–H groups in total. The van der Waals surface area contributed by atoms with E-state index in [1.807, 2.05) is 42.5 Å². The van der Waals surface area contributed by atoms with Crippen LogP contribution in [0.3, 0.4) is 0 Å². The first-order valence-corrected chi connectivity index (χ1v) is 11.9. The standard InChI is InChI=1S/C22H16N4O2S3/c1-2-9-26-21(28)19-16(11-17(31-19)14-6-4-3-5-7-14)24-22(26)30-13-18(27)25-20-15(12-23)8-10-29-20/h2-8,10-11H,1,9,13H2,(H,25,27). The van der Waals surface area contributed by atoms with Crippen LogP contribution < -0.4 is 10.9 Å². The monoisotopic (exact) mass is 464 g/mol. The van der Waals surface area contributed by atoms with Crippen molar-refractivity contribution in [2.45, 2.75) is 11.7 Å². The van der Waals surface area contributed by atoms with Crippen molar-refractivity contribution in [3.8, 4) is 16.5 Å². The number of thioether (sulfide) groups is 1. The Labute approximate surface area is 190 Å². The molecule has 0 aliphatic heterocycles. The van der Waals surface area contributed by atoms with Crippen LogP contribution >= 0.6 is 34.4 Å². The smallest absolute Gasteiger partial charge is 0.272 e. The van der Waals surface area contributed by atoms with Gasteiger partial charge in [-0.05, 0) is 23.1 Å². The van der Waals surface area contributed by atoms with Crippen molar-refractivity contribution in [2.24, 2.45) is 0 Å². The number of fused-ring (bicyclic) bond motifs is 1. The van der Waals surface area contributed by atoms with Crippen LogP contribution in [-0.2, 0) is 11.3 Å². The van der Waals surface area contributed by atoms with Gasteiger partial charge in [0.15, 0.2) is 5.16 Å². The van der Waals surface area contributed by atoms with Crippen LogP contribution in [0.25, 0.3) is 20.7 Å². The van der Waals surface area contributed by atoms with Crippen molar-refractivity contribution in [1.82, 2.24) is 9.55 Å². The lowest BCUT2D eigenvalue weighted by Gasteiger charge is -2.10. The molecule has 4 rings (SSSR count). The molecule has 9 heteroatoms. The molecule has 154 valence electrons. The van der Waals surface area contributed by atoms with Gasteiger partial charge < -0.3 is 5.32 Å². The molecule has 0 unspecified atom stereocenters. The van der Waals surface area contributed by atoms with Crippen molar-refractivity contribution < 1.29 is 4.79 Å². The van der Waals surface area contributed by atoms with Gasteiger partial charge in [-0.1, -0.05) is 48.2 Å². The van der Waals surface area contributed by atoms with Gasteiger partial charge in [0.05, 0.1) is 16.8 Å². The van der Waals surface area contributed by atoms with Crippen molar-refractivity contribution in [2.75, 3.05) is 11.1 Å². The van der Waals surface area contributed by atoms with Crippen LogP contribution in [0.5, 0.6) is 0 Å². The Hall–Kier alpha value is -3.19. The maximum absolute atomic E-state index is 13.1. The molecule has 0 saturated carbocycles. The zero-order valence-corrected chi connectivity index (χ0v) is 18.6. The molecule has 4 aromatic rings. The van der Waals surface area contributed by atoms with Crippen LogP contribution in [0.2, 0.25) is 0 Å². The number of aromatic nitrogens is 2. The first-order chi connectivity index (χ1) is 15.1. The Bertz CT molecular complexity index is 1360. The Kier molecular flexibility index (Phi) is 6.32. The molecule has 3 aromatic heterocycles. The zero-order valence-electron chi connectivity index (χ0n) is 16.2. The predicted octanol–water partition coefficient (Wildman–Crippen LogP) is 4.97. The van der Waals surface area contributed by atoms with Gasteiger partial charge in [0, 0.05) is 11.4 Å². The van der Waals surface area contributed by atoms with Gasteiger partial charge >= 0.3 is 0 Å². The lowest BCUT2D eigenvalue weighted by atomic mass is 10.2. The van der Waals surface area contributed by atoms with E-state index < -0.39 is 0 Å². The van der Waals surface area contributed by atoms with Gasteiger partial charge in [0.25, 0.3) is 5.56 Å². The molecule has 3 heterocycles. The maximum Gasteiger partial charge on any atom is 0.272 e. The summed E-state index contributed by atoms with van der Waals surface area (Å²) in [4.78, 5) is 31.1. The van der Waals surface area contributed by atoms with Gasteiger partial charge in [-0.15, -0.1) is 29.3 Å². The molecular formula is C22H16N4O2S3. The molecule has 1 aromatic carbocycles. The van der Waals surface area contributed by atoms with E-state index in [4.69, 9.17) is 5.26 Å². The largest absolute Gasteiger partial charge is 0.316 e. The Morgan fingerprint density at radius 2 is 2.13 bits per heavy atom. The van der Waals surface area contributed by atoms with Crippen molar-refractivity contribution in [3.05, 3.63) is 76.4 Å². The van der Waals surface area contributed by atoms with Gasteiger partial charge in [-0.25, -0.2) is 4.98 Å². The minimum atomic E-state index is -0.265. The average Bonchev–Trinajstić information content (AvgIpc) is 3.42. The third-order valence-electron chi connectivity index (χ3n) is 4.34. The van der Waals surface area contributed by atoms with Gasteiger partial charge in [0.1, 0.15) is 15.8 Å². The number of nitrogens with zero attached hydrogens (tertiary/aromatic N) is 3. The summed E-state index contributed by atoms with van der Waals surface area (Å²) in [6.07, 6.45) is 1.63. The fraction of sp³-hybridized carbons (Fsp3) is 0.0909. The van der Waals surface area contributed by atoms with E-state index in [2.05, 4.69) is 16.9 Å². The summed E-state index contributed by atoms with van der Waals surface area (Å²) < 4.78 is 2.11. The number of anilines is 1.